The molecule has 0 nitrogen and oxygen atoms in total. The zero-order chi connectivity index (χ0) is 9.52. The van der Waals surface area contributed by atoms with Gasteiger partial charge in [0.1, 0.15) is 0 Å². The Hall–Kier alpha value is -0.703. The number of alkyl halides is 2. The molecule has 0 aliphatic rings. The van der Waals surface area contributed by atoms with E-state index in [2.05, 4.69) is 12.1 Å². The minimum Gasteiger partial charge on any atom is -0.211 e. The van der Waals surface area contributed by atoms with Crippen LogP contribution in [0, 0.1) is 0 Å². The molecule has 0 saturated heterocycles. The molecule has 0 N–H and O–H groups in total. The number of halogens is 2. The molecule has 0 spiro atoms. The fourth-order valence-corrected chi connectivity index (χ4v) is 2.86. The molecule has 0 saturated carbocycles. The van der Waals surface area contributed by atoms with E-state index < -0.39 is 6.43 Å². The molecule has 0 radical (unpaired) electrons. The van der Waals surface area contributed by atoms with Crippen molar-refractivity contribution in [1.82, 2.24) is 0 Å². The van der Waals surface area contributed by atoms with Gasteiger partial charge in [0.2, 0.25) is 6.43 Å². The van der Waals surface area contributed by atoms with Crippen LogP contribution in [0.1, 0.15) is 12.0 Å². The third-order valence-electron chi connectivity index (χ3n) is 1.98. The van der Waals surface area contributed by atoms with E-state index in [9.17, 15) is 8.78 Å². The predicted molar refractivity (Wildman–Crippen MR) is 54.1 cm³/mol. The van der Waals surface area contributed by atoms with Crippen LogP contribution in [0.3, 0.4) is 0 Å². The molecule has 1 rings (SSSR count). The second-order valence-corrected chi connectivity index (χ2v) is 5.04. The van der Waals surface area contributed by atoms with Crippen LogP contribution in [0.2, 0.25) is 6.04 Å². The minimum absolute atomic E-state index is 0.0963. The van der Waals surface area contributed by atoms with E-state index in [-0.39, 0.29) is 15.9 Å². The van der Waals surface area contributed by atoms with E-state index in [1.807, 2.05) is 18.2 Å². The fraction of sp³-hybridized carbons (Fsp3) is 0.400. The summed E-state index contributed by atoms with van der Waals surface area (Å²) in [4.78, 5) is 0. The first-order chi connectivity index (χ1) is 6.29. The van der Waals surface area contributed by atoms with Crippen LogP contribution in [0.4, 0.5) is 8.78 Å². The summed E-state index contributed by atoms with van der Waals surface area (Å²) in [5, 5.41) is 0. The van der Waals surface area contributed by atoms with Crippen LogP contribution >= 0.6 is 0 Å². The highest BCUT2D eigenvalue weighted by molar-refractivity contribution is 6.34. The van der Waals surface area contributed by atoms with Gasteiger partial charge in [-0.15, -0.1) is 0 Å². The molecule has 1 aromatic rings. The molecule has 0 atom stereocenters. The van der Waals surface area contributed by atoms with E-state index in [0.717, 1.165) is 12.1 Å². The number of benzene rings is 1. The van der Waals surface area contributed by atoms with Crippen molar-refractivity contribution in [2.75, 3.05) is 0 Å². The molecule has 0 aromatic heterocycles. The third kappa shape index (κ3) is 4.78. The Balaban J connectivity index is 2.13. The lowest BCUT2D eigenvalue weighted by atomic mass is 10.2. The zero-order valence-electron chi connectivity index (χ0n) is 7.55. The van der Waals surface area contributed by atoms with Gasteiger partial charge in [-0.2, -0.15) is 0 Å². The van der Waals surface area contributed by atoms with Crippen molar-refractivity contribution in [2.24, 2.45) is 0 Å². The van der Waals surface area contributed by atoms with Crippen LogP contribution in [0.15, 0.2) is 30.3 Å². The summed E-state index contributed by atoms with van der Waals surface area (Å²) in [7, 11) is -0.310. The van der Waals surface area contributed by atoms with Crippen LogP contribution in [-0.2, 0) is 6.04 Å². The summed E-state index contributed by atoms with van der Waals surface area (Å²) in [6.45, 7) is 0. The van der Waals surface area contributed by atoms with E-state index in [0.29, 0.717) is 0 Å². The lowest BCUT2D eigenvalue weighted by Crippen LogP contribution is -1.99. The maximum absolute atomic E-state index is 11.8. The van der Waals surface area contributed by atoms with Crippen molar-refractivity contribution in [3.05, 3.63) is 35.9 Å². The molecule has 1 aromatic carbocycles. The molecule has 0 unspecified atom stereocenters. The predicted octanol–water partition coefficient (Wildman–Crippen LogP) is 2.43. The van der Waals surface area contributed by atoms with Gasteiger partial charge in [0.05, 0.1) is 0 Å². The van der Waals surface area contributed by atoms with Gasteiger partial charge in [-0.25, -0.2) is 8.78 Å². The summed E-state index contributed by atoms with van der Waals surface area (Å²) >= 11 is 0. The molecule has 0 amide bonds. The Morgan fingerprint density at radius 2 is 1.85 bits per heavy atom. The van der Waals surface area contributed by atoms with Crippen molar-refractivity contribution in [3.63, 3.8) is 0 Å². The maximum atomic E-state index is 11.8. The topological polar surface area (TPSA) is 0 Å². The summed E-state index contributed by atoms with van der Waals surface area (Å²) in [6, 6.07) is 11.9. The van der Waals surface area contributed by atoms with E-state index in [1.54, 1.807) is 0 Å². The van der Waals surface area contributed by atoms with Crippen molar-refractivity contribution in [1.29, 1.82) is 0 Å². The molecular formula is C10H14F2Si. The normalized spacial score (nSPS) is 11.6. The van der Waals surface area contributed by atoms with Gasteiger partial charge in [0.25, 0.3) is 0 Å². The van der Waals surface area contributed by atoms with Gasteiger partial charge < -0.3 is 0 Å². The lowest BCUT2D eigenvalue weighted by molar-refractivity contribution is 0.144. The highest BCUT2D eigenvalue weighted by atomic mass is 28.2. The average Bonchev–Trinajstić information content (AvgIpc) is 2.14. The second kappa shape index (κ2) is 5.86. The first kappa shape index (κ1) is 10.4. The molecule has 13 heavy (non-hydrogen) atoms. The maximum Gasteiger partial charge on any atom is 0.238 e. The second-order valence-electron chi connectivity index (χ2n) is 3.12. The smallest absolute Gasteiger partial charge is 0.211 e. The van der Waals surface area contributed by atoms with E-state index in [4.69, 9.17) is 0 Å². The number of hydrogen-bond acceptors (Lipinski definition) is 0. The first-order valence-corrected chi connectivity index (χ1v) is 6.61. The molecular weight excluding hydrogens is 186 g/mol. The highest BCUT2D eigenvalue weighted by Crippen LogP contribution is 2.05. The fourth-order valence-electron chi connectivity index (χ4n) is 1.27. The summed E-state index contributed by atoms with van der Waals surface area (Å²) in [5.41, 5.74) is 1.29. The summed E-state index contributed by atoms with van der Waals surface area (Å²) < 4.78 is 23.6. The molecule has 0 heterocycles. The van der Waals surface area contributed by atoms with Gasteiger partial charge in [0.15, 0.2) is 0 Å². The molecule has 0 fully saturated rings. The van der Waals surface area contributed by atoms with Crippen molar-refractivity contribution >= 4 is 9.52 Å². The van der Waals surface area contributed by atoms with Gasteiger partial charge in [-0.1, -0.05) is 41.9 Å². The molecule has 0 bridgehead atoms. The first-order valence-electron chi connectivity index (χ1n) is 4.61. The van der Waals surface area contributed by atoms with Crippen LogP contribution < -0.4 is 0 Å². The average molecular weight is 200 g/mol. The Morgan fingerprint density at radius 1 is 1.15 bits per heavy atom. The minimum atomic E-state index is -2.11. The summed E-state index contributed by atoms with van der Waals surface area (Å²) in [5.74, 6) is 0. The Labute approximate surface area is 79.8 Å². The van der Waals surface area contributed by atoms with Crippen LogP contribution in [0.25, 0.3) is 0 Å². The van der Waals surface area contributed by atoms with Crippen molar-refractivity contribution in [2.45, 2.75) is 24.9 Å². The summed E-state index contributed by atoms with van der Waals surface area (Å²) in [6.07, 6.45) is -2.01. The van der Waals surface area contributed by atoms with E-state index in [1.165, 1.54) is 5.56 Å². The standard InChI is InChI=1S/C10H14F2Si/c11-10(12)6-7-13-8-9-4-2-1-3-5-9/h1-5,10H,6-8,13H2. The molecule has 0 aliphatic carbocycles. The van der Waals surface area contributed by atoms with Crippen molar-refractivity contribution < 1.29 is 8.78 Å². The number of rotatable bonds is 5. The monoisotopic (exact) mass is 200 g/mol. The zero-order valence-corrected chi connectivity index (χ0v) is 8.96. The molecule has 3 heteroatoms. The Bertz CT molecular complexity index is 224. The molecule has 72 valence electrons. The van der Waals surface area contributed by atoms with Crippen LogP contribution in [-0.4, -0.2) is 15.9 Å². The molecule has 0 aliphatic heterocycles. The quantitative estimate of drug-likeness (QED) is 0.506. The Kier molecular flexibility index (Phi) is 4.68. The van der Waals surface area contributed by atoms with Crippen LogP contribution in [0.5, 0.6) is 0 Å². The SMILES string of the molecule is FC(F)CC[SiH2]Cc1ccccc1. The van der Waals surface area contributed by atoms with Gasteiger partial charge in [0, 0.05) is 15.9 Å². The lowest BCUT2D eigenvalue weighted by Gasteiger charge is -1.99. The van der Waals surface area contributed by atoms with E-state index >= 15 is 0 Å². The van der Waals surface area contributed by atoms with Gasteiger partial charge in [-0.05, 0) is 6.04 Å². The number of hydrogen-bond donors (Lipinski definition) is 0. The largest absolute Gasteiger partial charge is 0.238 e. The Morgan fingerprint density at radius 3 is 2.46 bits per heavy atom. The third-order valence-corrected chi connectivity index (χ3v) is 3.82. The highest BCUT2D eigenvalue weighted by Gasteiger charge is 2.01. The van der Waals surface area contributed by atoms with Gasteiger partial charge in [-0.3, -0.25) is 0 Å². The van der Waals surface area contributed by atoms with Crippen molar-refractivity contribution in [3.8, 4) is 0 Å². The van der Waals surface area contributed by atoms with Gasteiger partial charge >= 0.3 is 0 Å².